The average Bonchev–Trinajstić information content (AvgIpc) is 2.78. The van der Waals surface area contributed by atoms with E-state index in [9.17, 15) is 9.18 Å². The van der Waals surface area contributed by atoms with Crippen molar-refractivity contribution < 1.29 is 9.18 Å². The summed E-state index contributed by atoms with van der Waals surface area (Å²) >= 11 is 1.59. The zero-order valence-corrected chi connectivity index (χ0v) is 11.1. The maximum atomic E-state index is 12.8. The molecule has 0 atom stereocenters. The zero-order valence-electron chi connectivity index (χ0n) is 10.2. The second-order valence-corrected chi connectivity index (χ2v) is 5.21. The third-order valence-electron chi connectivity index (χ3n) is 2.67. The molecule has 0 unspecified atom stereocenters. The predicted molar refractivity (Wildman–Crippen MR) is 74.0 cm³/mol. The minimum Gasteiger partial charge on any atom is -0.295 e. The molecule has 0 aliphatic rings. The highest BCUT2D eigenvalue weighted by atomic mass is 32.1. The van der Waals surface area contributed by atoms with Crippen molar-refractivity contribution in [2.45, 2.75) is 13.8 Å². The van der Waals surface area contributed by atoms with E-state index in [0.717, 1.165) is 20.9 Å². The molecular formula is C15H13FOS. The Bertz CT molecular complexity index is 593. The van der Waals surface area contributed by atoms with Gasteiger partial charge in [0.2, 0.25) is 0 Å². The van der Waals surface area contributed by atoms with E-state index in [4.69, 9.17) is 0 Å². The molecule has 1 heterocycles. The number of allylic oxidation sites excluding steroid dienone is 1. The molecule has 1 aromatic heterocycles. The minimum absolute atomic E-state index is 0.0757. The lowest BCUT2D eigenvalue weighted by atomic mass is 10.2. The zero-order chi connectivity index (χ0) is 13.1. The van der Waals surface area contributed by atoms with Crippen LogP contribution < -0.4 is 0 Å². The normalized spacial score (nSPS) is 11.6. The number of carbonyl (C=O) groups is 1. The quantitative estimate of drug-likeness (QED) is 0.740. The Labute approximate surface area is 110 Å². The predicted octanol–water partition coefficient (Wildman–Crippen LogP) is 4.55. The second-order valence-electron chi connectivity index (χ2n) is 4.09. The van der Waals surface area contributed by atoms with E-state index in [1.165, 1.54) is 12.1 Å². The number of ketones is 1. The number of hydrogen-bond acceptors (Lipinski definition) is 2. The van der Waals surface area contributed by atoms with Gasteiger partial charge in [0.05, 0.1) is 0 Å². The van der Waals surface area contributed by atoms with Crippen molar-refractivity contribution in [3.05, 3.63) is 52.7 Å². The number of benzene rings is 1. The van der Waals surface area contributed by atoms with Gasteiger partial charge in [0, 0.05) is 9.75 Å². The maximum Gasteiger partial charge on any atom is 0.155 e. The van der Waals surface area contributed by atoms with Gasteiger partial charge in [-0.3, -0.25) is 4.79 Å². The molecule has 92 valence electrons. The van der Waals surface area contributed by atoms with Crippen molar-refractivity contribution >= 4 is 23.2 Å². The number of carbonyl (C=O) groups excluding carboxylic acids is 1. The van der Waals surface area contributed by atoms with Gasteiger partial charge < -0.3 is 0 Å². The summed E-state index contributed by atoms with van der Waals surface area (Å²) in [5.74, 6) is -0.158. The first-order chi connectivity index (χ1) is 8.56. The Hall–Kier alpha value is -1.74. The van der Waals surface area contributed by atoms with Crippen LogP contribution in [0.1, 0.15) is 18.7 Å². The lowest BCUT2D eigenvalue weighted by Crippen LogP contribution is -1.89. The molecule has 1 aromatic carbocycles. The molecule has 2 rings (SSSR count). The fourth-order valence-electron chi connectivity index (χ4n) is 1.51. The summed E-state index contributed by atoms with van der Waals surface area (Å²) < 4.78 is 12.8. The Morgan fingerprint density at radius 2 is 1.78 bits per heavy atom. The van der Waals surface area contributed by atoms with Crippen molar-refractivity contribution in [1.82, 2.24) is 0 Å². The number of Topliss-reactive ketones (excluding diaryl/α,β-unsaturated/α-hetero) is 1. The molecule has 0 aliphatic heterocycles. The third kappa shape index (κ3) is 2.93. The lowest BCUT2D eigenvalue weighted by Gasteiger charge is -1.96. The average molecular weight is 260 g/mol. The fourth-order valence-corrected chi connectivity index (χ4v) is 2.53. The van der Waals surface area contributed by atoms with Gasteiger partial charge in [0.15, 0.2) is 5.78 Å². The van der Waals surface area contributed by atoms with E-state index in [0.29, 0.717) is 0 Å². The summed E-state index contributed by atoms with van der Waals surface area (Å²) in [4.78, 5) is 13.3. The van der Waals surface area contributed by atoms with Gasteiger partial charge in [-0.05, 0) is 55.3 Å². The molecular weight excluding hydrogens is 247 g/mol. The summed E-state index contributed by atoms with van der Waals surface area (Å²) in [6.45, 7) is 3.36. The van der Waals surface area contributed by atoms with Gasteiger partial charge in [-0.25, -0.2) is 4.39 Å². The molecule has 3 heteroatoms. The standard InChI is InChI=1S/C15H13FOS/c1-10(11(2)17)9-14-7-8-15(18-14)12-3-5-13(16)6-4-12/h3-9H,1-2H3/b10-9+. The molecule has 18 heavy (non-hydrogen) atoms. The number of halogens is 1. The van der Waals surface area contributed by atoms with Gasteiger partial charge in [0.25, 0.3) is 0 Å². The van der Waals surface area contributed by atoms with Crippen LogP contribution in [0.3, 0.4) is 0 Å². The highest BCUT2D eigenvalue weighted by Gasteiger charge is 2.03. The highest BCUT2D eigenvalue weighted by Crippen LogP contribution is 2.29. The molecule has 0 N–H and O–H groups in total. The van der Waals surface area contributed by atoms with Crippen molar-refractivity contribution in [2.75, 3.05) is 0 Å². The Balaban J connectivity index is 2.28. The highest BCUT2D eigenvalue weighted by molar-refractivity contribution is 7.16. The molecule has 0 aliphatic carbocycles. The number of rotatable bonds is 3. The molecule has 0 radical (unpaired) electrons. The van der Waals surface area contributed by atoms with Crippen LogP contribution in [0.25, 0.3) is 16.5 Å². The van der Waals surface area contributed by atoms with Crippen molar-refractivity contribution in [2.24, 2.45) is 0 Å². The first-order valence-electron chi connectivity index (χ1n) is 5.61. The van der Waals surface area contributed by atoms with E-state index >= 15 is 0 Å². The lowest BCUT2D eigenvalue weighted by molar-refractivity contribution is -0.113. The first kappa shape index (κ1) is 12.7. The van der Waals surface area contributed by atoms with Gasteiger partial charge in [-0.2, -0.15) is 0 Å². The summed E-state index contributed by atoms with van der Waals surface area (Å²) in [5.41, 5.74) is 1.73. The van der Waals surface area contributed by atoms with Gasteiger partial charge >= 0.3 is 0 Å². The van der Waals surface area contributed by atoms with Crippen LogP contribution in [0.2, 0.25) is 0 Å². The molecule has 0 amide bonds. The van der Waals surface area contributed by atoms with Crippen LogP contribution in [0.5, 0.6) is 0 Å². The SMILES string of the molecule is CC(=O)/C(C)=C/c1ccc(-c2ccc(F)cc2)s1. The molecule has 0 fully saturated rings. The van der Waals surface area contributed by atoms with Gasteiger partial charge in [-0.15, -0.1) is 11.3 Å². The van der Waals surface area contributed by atoms with Crippen LogP contribution in [-0.2, 0) is 4.79 Å². The van der Waals surface area contributed by atoms with Gasteiger partial charge in [-0.1, -0.05) is 12.1 Å². The number of thiophene rings is 1. The molecule has 1 nitrogen and oxygen atoms in total. The summed E-state index contributed by atoms with van der Waals surface area (Å²) in [6, 6.07) is 10.4. The van der Waals surface area contributed by atoms with E-state index < -0.39 is 0 Å². The van der Waals surface area contributed by atoms with E-state index in [-0.39, 0.29) is 11.6 Å². The molecule has 0 spiro atoms. The summed E-state index contributed by atoms with van der Waals surface area (Å²) in [5, 5.41) is 0. The minimum atomic E-state index is -0.233. The Morgan fingerprint density at radius 3 is 2.39 bits per heavy atom. The Kier molecular flexibility index (Phi) is 3.72. The maximum absolute atomic E-state index is 12.8. The number of hydrogen-bond donors (Lipinski definition) is 0. The molecule has 0 saturated heterocycles. The third-order valence-corrected chi connectivity index (χ3v) is 3.75. The smallest absolute Gasteiger partial charge is 0.155 e. The van der Waals surface area contributed by atoms with Crippen LogP contribution in [0.4, 0.5) is 4.39 Å². The monoisotopic (exact) mass is 260 g/mol. The van der Waals surface area contributed by atoms with E-state index in [1.54, 1.807) is 37.3 Å². The summed E-state index contributed by atoms with van der Waals surface area (Å²) in [7, 11) is 0. The van der Waals surface area contributed by atoms with Crippen LogP contribution in [0, 0.1) is 5.82 Å². The second kappa shape index (κ2) is 5.27. The largest absolute Gasteiger partial charge is 0.295 e. The summed E-state index contributed by atoms with van der Waals surface area (Å²) in [6.07, 6.45) is 1.88. The van der Waals surface area contributed by atoms with E-state index in [2.05, 4.69) is 0 Å². The van der Waals surface area contributed by atoms with Gasteiger partial charge in [0.1, 0.15) is 5.82 Å². The van der Waals surface area contributed by atoms with Crippen molar-refractivity contribution in [3.8, 4) is 10.4 Å². The van der Waals surface area contributed by atoms with E-state index in [1.807, 2.05) is 18.2 Å². The fraction of sp³-hybridized carbons (Fsp3) is 0.133. The molecule has 0 bridgehead atoms. The van der Waals surface area contributed by atoms with Crippen LogP contribution in [-0.4, -0.2) is 5.78 Å². The van der Waals surface area contributed by atoms with Crippen LogP contribution in [0.15, 0.2) is 42.0 Å². The molecule has 2 aromatic rings. The van der Waals surface area contributed by atoms with Crippen LogP contribution >= 0.6 is 11.3 Å². The van der Waals surface area contributed by atoms with Crippen molar-refractivity contribution in [1.29, 1.82) is 0 Å². The molecule has 0 saturated carbocycles. The first-order valence-corrected chi connectivity index (χ1v) is 6.43. The topological polar surface area (TPSA) is 17.1 Å². The Morgan fingerprint density at radius 1 is 1.11 bits per heavy atom. The van der Waals surface area contributed by atoms with Crippen molar-refractivity contribution in [3.63, 3.8) is 0 Å².